The Kier molecular flexibility index (Phi) is 9.08. The van der Waals surface area contributed by atoms with Gasteiger partial charge in [0, 0.05) is 0 Å². The van der Waals surface area contributed by atoms with Crippen molar-refractivity contribution in [1.29, 1.82) is 0 Å². The lowest BCUT2D eigenvalue weighted by Crippen LogP contribution is -1.84. The lowest BCUT2D eigenvalue weighted by Gasteiger charge is -1.88. The fourth-order valence-electron chi connectivity index (χ4n) is 0.758. The molecule has 0 aromatic rings. The zero-order chi connectivity index (χ0) is 9.07. The van der Waals surface area contributed by atoms with Crippen molar-refractivity contribution < 1.29 is 9.53 Å². The maximum atomic E-state index is 9.71. The summed E-state index contributed by atoms with van der Waals surface area (Å²) in [7, 11) is 0. The third kappa shape index (κ3) is 8.95. The molecule has 12 heavy (non-hydrogen) atoms. The van der Waals surface area contributed by atoms with Crippen molar-refractivity contribution in [2.45, 2.75) is 26.2 Å². The van der Waals surface area contributed by atoms with Crippen molar-refractivity contribution >= 4 is 6.47 Å². The van der Waals surface area contributed by atoms with Gasteiger partial charge in [-0.1, -0.05) is 31.2 Å². The van der Waals surface area contributed by atoms with Gasteiger partial charge in [-0.15, -0.1) is 0 Å². The van der Waals surface area contributed by atoms with Gasteiger partial charge < -0.3 is 4.74 Å². The Morgan fingerprint density at radius 1 is 1.08 bits per heavy atom. The predicted octanol–water partition coefficient (Wildman–Crippen LogP) is 2.46. The summed E-state index contributed by atoms with van der Waals surface area (Å²) in [6.07, 6.45) is 11.3. The molecule has 0 spiro atoms. The summed E-state index contributed by atoms with van der Waals surface area (Å²) >= 11 is 0. The second-order valence-electron chi connectivity index (χ2n) is 2.36. The SMILES string of the molecule is CC/C=C/CC/C=C\COC=O. The van der Waals surface area contributed by atoms with Crippen LogP contribution in [-0.4, -0.2) is 13.1 Å². The first-order chi connectivity index (χ1) is 5.91. The second kappa shape index (κ2) is 9.95. The van der Waals surface area contributed by atoms with Gasteiger partial charge in [0.15, 0.2) is 0 Å². The summed E-state index contributed by atoms with van der Waals surface area (Å²) in [4.78, 5) is 9.71. The molecule has 0 amide bonds. The Morgan fingerprint density at radius 2 is 1.75 bits per heavy atom. The van der Waals surface area contributed by atoms with Gasteiger partial charge in [-0.25, -0.2) is 0 Å². The first-order valence-electron chi connectivity index (χ1n) is 4.27. The maximum absolute atomic E-state index is 9.71. The van der Waals surface area contributed by atoms with Crippen molar-refractivity contribution in [2.24, 2.45) is 0 Å². The molecule has 0 aliphatic rings. The molecule has 0 fully saturated rings. The van der Waals surface area contributed by atoms with Gasteiger partial charge in [0.2, 0.25) is 0 Å². The number of carbonyl (C=O) groups is 1. The normalized spacial score (nSPS) is 11.1. The summed E-state index contributed by atoms with van der Waals surface area (Å²) in [5.74, 6) is 0. The molecule has 0 atom stereocenters. The second-order valence-corrected chi connectivity index (χ2v) is 2.36. The average Bonchev–Trinajstić information content (AvgIpc) is 2.10. The molecular weight excluding hydrogens is 152 g/mol. The Labute approximate surface area is 73.9 Å². The lowest BCUT2D eigenvalue weighted by molar-refractivity contribution is -0.127. The third-order valence-electron chi connectivity index (χ3n) is 1.33. The molecule has 68 valence electrons. The fraction of sp³-hybridized carbons (Fsp3) is 0.500. The smallest absolute Gasteiger partial charge is 0.293 e. The molecule has 2 nitrogen and oxygen atoms in total. The molecule has 0 radical (unpaired) electrons. The highest BCUT2D eigenvalue weighted by Gasteiger charge is 1.77. The molecule has 0 bridgehead atoms. The van der Waals surface area contributed by atoms with Crippen molar-refractivity contribution in [1.82, 2.24) is 0 Å². The summed E-state index contributed by atoms with van der Waals surface area (Å²) < 4.78 is 4.48. The van der Waals surface area contributed by atoms with E-state index in [1.165, 1.54) is 0 Å². The molecule has 0 heterocycles. The third-order valence-corrected chi connectivity index (χ3v) is 1.33. The molecule has 0 rings (SSSR count). The minimum Gasteiger partial charge on any atom is -0.464 e. The first kappa shape index (κ1) is 11.0. The molecule has 0 aromatic carbocycles. The number of rotatable bonds is 7. The van der Waals surface area contributed by atoms with E-state index >= 15 is 0 Å². The van der Waals surface area contributed by atoms with Gasteiger partial charge in [0.25, 0.3) is 6.47 Å². The largest absolute Gasteiger partial charge is 0.464 e. The summed E-state index contributed by atoms with van der Waals surface area (Å²) in [5.41, 5.74) is 0. The molecule has 0 unspecified atom stereocenters. The number of hydrogen-bond donors (Lipinski definition) is 0. The minimum absolute atomic E-state index is 0.390. The summed E-state index contributed by atoms with van der Waals surface area (Å²) in [6, 6.07) is 0. The van der Waals surface area contributed by atoms with Crippen molar-refractivity contribution in [3.63, 3.8) is 0 Å². The lowest BCUT2D eigenvalue weighted by atomic mass is 10.2. The van der Waals surface area contributed by atoms with Crippen LogP contribution in [0.2, 0.25) is 0 Å². The van der Waals surface area contributed by atoms with Crippen LogP contribution in [0.15, 0.2) is 24.3 Å². The van der Waals surface area contributed by atoms with Crippen molar-refractivity contribution in [2.75, 3.05) is 6.61 Å². The average molecular weight is 168 g/mol. The Hall–Kier alpha value is -1.05. The van der Waals surface area contributed by atoms with Gasteiger partial charge in [-0.2, -0.15) is 0 Å². The zero-order valence-corrected chi connectivity index (χ0v) is 7.53. The number of allylic oxidation sites excluding steroid dienone is 3. The van der Waals surface area contributed by atoms with E-state index in [2.05, 4.69) is 23.8 Å². The van der Waals surface area contributed by atoms with E-state index in [1.807, 2.05) is 12.2 Å². The monoisotopic (exact) mass is 168 g/mol. The first-order valence-corrected chi connectivity index (χ1v) is 4.27. The van der Waals surface area contributed by atoms with Crippen LogP contribution in [0.5, 0.6) is 0 Å². The van der Waals surface area contributed by atoms with E-state index in [0.717, 1.165) is 19.3 Å². The maximum Gasteiger partial charge on any atom is 0.293 e. The van der Waals surface area contributed by atoms with E-state index in [0.29, 0.717) is 13.1 Å². The molecule has 2 heteroatoms. The van der Waals surface area contributed by atoms with Crippen LogP contribution < -0.4 is 0 Å². The fourth-order valence-corrected chi connectivity index (χ4v) is 0.758. The van der Waals surface area contributed by atoms with Gasteiger partial charge in [0.1, 0.15) is 6.61 Å². The van der Waals surface area contributed by atoms with Gasteiger partial charge in [0.05, 0.1) is 0 Å². The molecule has 0 N–H and O–H groups in total. The Morgan fingerprint density at radius 3 is 2.33 bits per heavy atom. The highest BCUT2D eigenvalue weighted by atomic mass is 16.5. The van der Waals surface area contributed by atoms with Crippen molar-refractivity contribution in [3.8, 4) is 0 Å². The summed E-state index contributed by atoms with van der Waals surface area (Å²) in [5, 5.41) is 0. The van der Waals surface area contributed by atoms with E-state index in [-0.39, 0.29) is 0 Å². The number of hydrogen-bond acceptors (Lipinski definition) is 2. The standard InChI is InChI=1S/C10H16O2/c1-2-3-4-5-6-7-8-9-12-10-11/h3-4,7-8,10H,2,5-6,9H2,1H3/b4-3+,8-7-. The minimum atomic E-state index is 0.390. The van der Waals surface area contributed by atoms with Gasteiger partial charge in [-0.05, 0) is 19.3 Å². The Balaban J connectivity index is 3.12. The van der Waals surface area contributed by atoms with E-state index < -0.39 is 0 Å². The van der Waals surface area contributed by atoms with E-state index in [1.54, 1.807) is 0 Å². The van der Waals surface area contributed by atoms with E-state index in [9.17, 15) is 4.79 Å². The van der Waals surface area contributed by atoms with Gasteiger partial charge >= 0.3 is 0 Å². The van der Waals surface area contributed by atoms with Crippen LogP contribution in [0.3, 0.4) is 0 Å². The zero-order valence-electron chi connectivity index (χ0n) is 7.53. The highest BCUT2D eigenvalue weighted by molar-refractivity contribution is 5.37. The van der Waals surface area contributed by atoms with Crippen LogP contribution >= 0.6 is 0 Å². The quantitative estimate of drug-likeness (QED) is 0.331. The highest BCUT2D eigenvalue weighted by Crippen LogP contribution is 1.93. The van der Waals surface area contributed by atoms with Crippen LogP contribution in [-0.2, 0) is 9.53 Å². The van der Waals surface area contributed by atoms with Crippen LogP contribution in [0.1, 0.15) is 26.2 Å². The summed E-state index contributed by atoms with van der Waals surface area (Å²) in [6.45, 7) is 2.96. The molecule has 0 saturated carbocycles. The van der Waals surface area contributed by atoms with Gasteiger partial charge in [-0.3, -0.25) is 4.79 Å². The molecule has 0 saturated heterocycles. The molecule has 0 aliphatic carbocycles. The van der Waals surface area contributed by atoms with Crippen LogP contribution in [0, 0.1) is 0 Å². The number of ether oxygens (including phenoxy) is 1. The van der Waals surface area contributed by atoms with Crippen LogP contribution in [0.25, 0.3) is 0 Å². The Bertz CT molecular complexity index is 148. The molecular formula is C10H16O2. The molecule has 0 aromatic heterocycles. The molecule has 0 aliphatic heterocycles. The topological polar surface area (TPSA) is 26.3 Å². The van der Waals surface area contributed by atoms with Crippen molar-refractivity contribution in [3.05, 3.63) is 24.3 Å². The number of carbonyl (C=O) groups excluding carboxylic acids is 1. The predicted molar refractivity (Wildman–Crippen MR) is 49.8 cm³/mol. The van der Waals surface area contributed by atoms with Crippen LogP contribution in [0.4, 0.5) is 0 Å². The van der Waals surface area contributed by atoms with E-state index in [4.69, 9.17) is 0 Å². The number of unbranched alkanes of at least 4 members (excludes halogenated alkanes) is 1.